The van der Waals surface area contributed by atoms with Crippen LogP contribution in [0.15, 0.2) is 59.3 Å². The molecule has 0 saturated carbocycles. The predicted molar refractivity (Wildman–Crippen MR) is 127 cm³/mol. The zero-order chi connectivity index (χ0) is 24.9. The third-order valence-electron chi connectivity index (χ3n) is 5.67. The van der Waals surface area contributed by atoms with Crippen molar-refractivity contribution in [3.05, 3.63) is 76.6 Å². The number of esters is 1. The molecule has 34 heavy (non-hydrogen) atoms. The van der Waals surface area contributed by atoms with Gasteiger partial charge < -0.3 is 20.7 Å². The predicted octanol–water partition coefficient (Wildman–Crippen LogP) is 1.13. The number of hydrogen-bond acceptors (Lipinski definition) is 5. The normalized spacial score (nSPS) is 19.4. The van der Waals surface area contributed by atoms with Gasteiger partial charge in [-0.05, 0) is 49.6 Å². The van der Waals surface area contributed by atoms with Crippen molar-refractivity contribution in [1.82, 2.24) is 10.6 Å². The molecule has 0 bridgehead atoms. The van der Waals surface area contributed by atoms with Gasteiger partial charge in [0.15, 0.2) is 0 Å². The highest BCUT2D eigenvalue weighted by Gasteiger charge is 2.41. The Balaban J connectivity index is 1.79. The Bertz CT molecular complexity index is 1190. The largest absolute Gasteiger partial charge is 0.465 e. The lowest BCUT2D eigenvalue weighted by atomic mass is 9.86. The number of primary sulfonamides is 1. The Morgan fingerprint density at radius 2 is 1.88 bits per heavy atom. The summed E-state index contributed by atoms with van der Waals surface area (Å²) in [4.78, 5) is 25.5. The number of carbonyl (C=O) groups is 2. The Kier molecular flexibility index (Phi) is 8.08. The first-order chi connectivity index (χ1) is 16.1. The van der Waals surface area contributed by atoms with Gasteiger partial charge in [0.2, 0.25) is 10.0 Å². The quantitative estimate of drug-likeness (QED) is 0.326. The number of amides is 2. The van der Waals surface area contributed by atoms with Gasteiger partial charge in [0.05, 0.1) is 29.8 Å². The van der Waals surface area contributed by atoms with Gasteiger partial charge in [0, 0.05) is 6.42 Å². The van der Waals surface area contributed by atoms with E-state index in [-0.39, 0.29) is 17.5 Å². The highest BCUT2D eigenvalue weighted by molar-refractivity contribution is 7.89. The molecule has 0 aromatic heterocycles. The minimum absolute atomic E-state index is 0.0644. The van der Waals surface area contributed by atoms with Crippen LogP contribution in [0.1, 0.15) is 35.2 Å². The number of hydrogen-bond donors (Lipinski definition) is 4. The van der Waals surface area contributed by atoms with E-state index in [1.165, 1.54) is 12.1 Å². The number of nitrogens with one attached hydrogen (secondary N) is 2. The third-order valence-corrected chi connectivity index (χ3v) is 6.60. The number of ether oxygens (including phenoxy) is 1. The molecule has 1 heterocycles. The average Bonchev–Trinajstić information content (AvgIpc) is 2.77. The van der Waals surface area contributed by atoms with Crippen LogP contribution in [0.25, 0.3) is 0 Å². The molecule has 2 aromatic rings. The molecule has 1 aliphatic heterocycles. The SMILES string of the molecule is CCOC(=O)[C@@H]1/C(=C\[NH2+]CCc2ccc(S(N)(=O)=O)cc2)NC(=O)N[C@H]1c1cc(C)ccc1C. The first-order valence-corrected chi connectivity index (χ1v) is 12.6. The molecular weight excluding hydrogens is 456 g/mol. The molecule has 2 aromatic carbocycles. The molecule has 0 spiro atoms. The fraction of sp³-hybridized carbons (Fsp3) is 0.333. The molecule has 1 aliphatic rings. The Labute approximate surface area is 199 Å². The number of urea groups is 1. The lowest BCUT2D eigenvalue weighted by Gasteiger charge is -2.34. The standard InChI is InChI=1S/C24H30N4O5S/c1-4-33-23(29)21-20(14-26-12-11-17-7-9-18(10-8-17)34(25,31)32)27-24(30)28-22(21)19-13-15(2)5-6-16(19)3/h5-10,13-14,21-22,26H,4,11-12H2,1-3H3,(H2,25,31,32)(H2,27,28,30)/p+1/b20-14+/t21-,22+/m1/s1. The van der Waals surface area contributed by atoms with E-state index in [9.17, 15) is 18.0 Å². The summed E-state index contributed by atoms with van der Waals surface area (Å²) in [6.45, 7) is 6.50. The molecule has 182 valence electrons. The summed E-state index contributed by atoms with van der Waals surface area (Å²) >= 11 is 0. The molecule has 9 nitrogen and oxygen atoms in total. The molecule has 0 unspecified atom stereocenters. The van der Waals surface area contributed by atoms with Crippen LogP contribution >= 0.6 is 0 Å². The van der Waals surface area contributed by atoms with Gasteiger partial charge >= 0.3 is 12.0 Å². The number of nitrogens with two attached hydrogens (primary N) is 2. The number of carbonyl (C=O) groups excluding carboxylic acids is 2. The highest BCUT2D eigenvalue weighted by Crippen LogP contribution is 2.33. The number of sulfonamides is 1. The van der Waals surface area contributed by atoms with Crippen molar-refractivity contribution in [2.45, 2.75) is 38.1 Å². The second-order valence-corrected chi connectivity index (χ2v) is 9.81. The van der Waals surface area contributed by atoms with Gasteiger partial charge in [-0.1, -0.05) is 35.9 Å². The van der Waals surface area contributed by atoms with E-state index in [1.54, 1.807) is 25.3 Å². The van der Waals surface area contributed by atoms with Crippen molar-refractivity contribution in [2.24, 2.45) is 11.1 Å². The van der Waals surface area contributed by atoms with E-state index in [4.69, 9.17) is 9.88 Å². The van der Waals surface area contributed by atoms with E-state index in [2.05, 4.69) is 10.6 Å². The number of quaternary nitrogens is 1. The minimum Gasteiger partial charge on any atom is -0.465 e. The van der Waals surface area contributed by atoms with Crippen LogP contribution in [-0.4, -0.2) is 33.6 Å². The fourth-order valence-corrected chi connectivity index (χ4v) is 4.46. The zero-order valence-corrected chi connectivity index (χ0v) is 20.3. The van der Waals surface area contributed by atoms with Gasteiger partial charge in [-0.25, -0.2) is 18.4 Å². The Morgan fingerprint density at radius 3 is 2.53 bits per heavy atom. The third kappa shape index (κ3) is 6.22. The second kappa shape index (κ2) is 10.8. The van der Waals surface area contributed by atoms with E-state index < -0.39 is 28.0 Å². The topological polar surface area (TPSA) is 144 Å². The van der Waals surface area contributed by atoms with Crippen LogP contribution in [0, 0.1) is 19.8 Å². The lowest BCUT2D eigenvalue weighted by Crippen LogP contribution is -2.79. The molecule has 2 amide bonds. The van der Waals surface area contributed by atoms with Gasteiger partial charge in [-0.15, -0.1) is 0 Å². The number of benzene rings is 2. The van der Waals surface area contributed by atoms with Crippen molar-refractivity contribution in [3.63, 3.8) is 0 Å². The van der Waals surface area contributed by atoms with Crippen molar-refractivity contribution in [3.8, 4) is 0 Å². The van der Waals surface area contributed by atoms with E-state index in [0.29, 0.717) is 18.7 Å². The van der Waals surface area contributed by atoms with Crippen molar-refractivity contribution < 1.29 is 28.1 Å². The van der Waals surface area contributed by atoms with Crippen LogP contribution in [0.2, 0.25) is 0 Å². The summed E-state index contributed by atoms with van der Waals surface area (Å²) in [5.74, 6) is -1.14. The maximum atomic E-state index is 12.9. The maximum Gasteiger partial charge on any atom is 0.319 e. The van der Waals surface area contributed by atoms with Crippen LogP contribution in [0.4, 0.5) is 4.79 Å². The highest BCUT2D eigenvalue weighted by atomic mass is 32.2. The summed E-state index contributed by atoms with van der Waals surface area (Å²) < 4.78 is 28.1. The van der Waals surface area contributed by atoms with Crippen molar-refractivity contribution in [2.75, 3.05) is 13.2 Å². The van der Waals surface area contributed by atoms with E-state index in [0.717, 1.165) is 22.3 Å². The smallest absolute Gasteiger partial charge is 0.319 e. The molecule has 6 N–H and O–H groups in total. The number of aryl methyl sites for hydroxylation is 2. The minimum atomic E-state index is -3.72. The van der Waals surface area contributed by atoms with Crippen LogP contribution in [0.3, 0.4) is 0 Å². The maximum absolute atomic E-state index is 12.9. The molecule has 0 radical (unpaired) electrons. The summed E-state index contributed by atoms with van der Waals surface area (Å²) in [5.41, 5.74) is 4.28. The molecule has 1 saturated heterocycles. The summed E-state index contributed by atoms with van der Waals surface area (Å²) in [5, 5.41) is 12.7. The zero-order valence-electron chi connectivity index (χ0n) is 19.5. The van der Waals surface area contributed by atoms with Crippen molar-refractivity contribution >= 4 is 22.0 Å². The number of rotatable bonds is 8. The second-order valence-electron chi connectivity index (χ2n) is 8.25. The fourth-order valence-electron chi connectivity index (χ4n) is 3.95. The van der Waals surface area contributed by atoms with E-state index in [1.807, 2.05) is 37.4 Å². The molecule has 3 rings (SSSR count). The van der Waals surface area contributed by atoms with Crippen molar-refractivity contribution in [1.29, 1.82) is 0 Å². The monoisotopic (exact) mass is 487 g/mol. The first kappa shape index (κ1) is 25.4. The Morgan fingerprint density at radius 1 is 1.18 bits per heavy atom. The molecule has 10 heteroatoms. The van der Waals surface area contributed by atoms with Gasteiger partial charge in [-0.3, -0.25) is 4.79 Å². The van der Waals surface area contributed by atoms with Gasteiger partial charge in [0.1, 0.15) is 12.1 Å². The molecular formula is C24H31N4O5S+. The van der Waals surface area contributed by atoms with Crippen LogP contribution in [0.5, 0.6) is 0 Å². The van der Waals surface area contributed by atoms with Crippen LogP contribution in [-0.2, 0) is 26.0 Å². The molecule has 1 fully saturated rings. The molecule has 2 atom stereocenters. The van der Waals surface area contributed by atoms with E-state index >= 15 is 0 Å². The summed E-state index contributed by atoms with van der Waals surface area (Å²) in [6.07, 6.45) is 2.39. The molecule has 0 aliphatic carbocycles. The Hall–Kier alpha value is -3.21. The van der Waals surface area contributed by atoms with Gasteiger partial charge in [-0.2, -0.15) is 0 Å². The summed E-state index contributed by atoms with van der Waals surface area (Å²) in [6, 6.07) is 11.4. The first-order valence-electron chi connectivity index (χ1n) is 11.1. The lowest BCUT2D eigenvalue weighted by molar-refractivity contribution is -0.588. The van der Waals surface area contributed by atoms with Gasteiger partial charge in [0.25, 0.3) is 0 Å². The van der Waals surface area contributed by atoms with Crippen LogP contribution < -0.4 is 21.1 Å². The average molecular weight is 488 g/mol. The summed E-state index contributed by atoms with van der Waals surface area (Å²) in [7, 11) is -3.72.